The summed E-state index contributed by atoms with van der Waals surface area (Å²) in [6.07, 6.45) is 7.33. The van der Waals surface area contributed by atoms with Crippen molar-refractivity contribution in [2.24, 2.45) is 18.4 Å². The third kappa shape index (κ3) is 7.25. The van der Waals surface area contributed by atoms with Crippen LogP contribution in [0.15, 0.2) is 54.6 Å². The Kier molecular flexibility index (Phi) is 10.0. The van der Waals surface area contributed by atoms with Gasteiger partial charge in [-0.1, -0.05) is 83.0 Å². The molecule has 4 aromatic rings. The van der Waals surface area contributed by atoms with Gasteiger partial charge in [0, 0.05) is 30.1 Å². The normalized spacial score (nSPS) is 12.7. The van der Waals surface area contributed by atoms with Crippen LogP contribution >= 0.6 is 0 Å². The monoisotopic (exact) mass is 553 g/mol. The van der Waals surface area contributed by atoms with Gasteiger partial charge in [-0.05, 0) is 103 Å². The third-order valence-corrected chi connectivity index (χ3v) is 8.29. The molecule has 4 rings (SSSR count). The lowest BCUT2D eigenvalue weighted by molar-refractivity contribution is 0.273. The lowest BCUT2D eigenvalue weighted by Crippen LogP contribution is -2.11. The number of aryl methyl sites for hydroxylation is 3. The Morgan fingerprint density at radius 2 is 1.76 bits per heavy atom. The minimum atomic E-state index is 0.131. The number of benzene rings is 3. The van der Waals surface area contributed by atoms with Gasteiger partial charge in [-0.15, -0.1) is 0 Å². The van der Waals surface area contributed by atoms with E-state index < -0.39 is 0 Å². The Bertz CT molecular complexity index is 1470. The third-order valence-electron chi connectivity index (χ3n) is 8.29. The molecule has 0 spiro atoms. The number of rotatable bonds is 12. The summed E-state index contributed by atoms with van der Waals surface area (Å²) >= 11 is 0. The molecule has 3 nitrogen and oxygen atoms in total. The predicted octanol–water partition coefficient (Wildman–Crippen LogP) is 9.71. The van der Waals surface area contributed by atoms with Crippen molar-refractivity contribution in [2.45, 2.75) is 86.5 Å². The number of aliphatic hydroxyl groups is 1. The summed E-state index contributed by atoms with van der Waals surface area (Å²) in [5.41, 5.74) is 11.9. The van der Waals surface area contributed by atoms with Crippen LogP contribution in [-0.4, -0.2) is 23.4 Å². The van der Waals surface area contributed by atoms with Crippen LogP contribution in [0.5, 0.6) is 5.75 Å². The van der Waals surface area contributed by atoms with E-state index in [1.807, 2.05) is 0 Å². The molecule has 0 amide bonds. The molecule has 1 unspecified atom stereocenters. The molecular weight excluding hydrogens is 502 g/mol. The van der Waals surface area contributed by atoms with Crippen molar-refractivity contribution in [3.8, 4) is 28.1 Å². The molecule has 0 fully saturated rings. The Morgan fingerprint density at radius 3 is 2.44 bits per heavy atom. The molecule has 0 aliphatic heterocycles. The summed E-state index contributed by atoms with van der Waals surface area (Å²) in [5, 5.41) is 10.6. The molecule has 0 aliphatic carbocycles. The van der Waals surface area contributed by atoms with Crippen molar-refractivity contribution < 1.29 is 9.84 Å². The first kappa shape index (κ1) is 30.9. The molecule has 220 valence electrons. The van der Waals surface area contributed by atoms with E-state index in [0.717, 1.165) is 44.3 Å². The fraction of sp³-hybridized carbons (Fsp3) is 0.474. The van der Waals surface area contributed by atoms with Crippen LogP contribution in [0.2, 0.25) is 0 Å². The average molecular weight is 554 g/mol. The summed E-state index contributed by atoms with van der Waals surface area (Å²) in [4.78, 5) is 0. The number of methoxy groups -OCH3 is 1. The highest BCUT2D eigenvalue weighted by Gasteiger charge is 2.25. The van der Waals surface area contributed by atoms with E-state index in [9.17, 15) is 5.11 Å². The van der Waals surface area contributed by atoms with Gasteiger partial charge < -0.3 is 14.4 Å². The second kappa shape index (κ2) is 13.3. The summed E-state index contributed by atoms with van der Waals surface area (Å²) in [7, 11) is 4.02. The van der Waals surface area contributed by atoms with E-state index in [1.165, 1.54) is 62.0 Å². The second-order valence-corrected chi connectivity index (χ2v) is 13.3. The number of unbranched alkanes of at least 4 members (excludes halogenated alkanes) is 1. The quantitative estimate of drug-likeness (QED) is 0.189. The highest BCUT2D eigenvalue weighted by Crippen LogP contribution is 2.43. The molecule has 3 heteroatoms. The van der Waals surface area contributed by atoms with Crippen molar-refractivity contribution in [1.29, 1.82) is 0 Å². The van der Waals surface area contributed by atoms with Crippen LogP contribution in [0.3, 0.4) is 0 Å². The van der Waals surface area contributed by atoms with Gasteiger partial charge in [-0.3, -0.25) is 0 Å². The number of hydrogen-bond acceptors (Lipinski definition) is 2. The zero-order valence-corrected chi connectivity index (χ0v) is 26.7. The second-order valence-electron chi connectivity index (χ2n) is 13.3. The first-order valence-electron chi connectivity index (χ1n) is 15.6. The van der Waals surface area contributed by atoms with Crippen LogP contribution in [0.1, 0.15) is 82.6 Å². The first-order valence-corrected chi connectivity index (χ1v) is 15.6. The Labute approximate surface area is 248 Å². The standard InChI is InChI=1S/C38H51NO2/c1-9-10-14-29-15-11-16-35(41-8)36(29)37-33(25-38(4,5)6)32-24-30(17-18-34(32)39(37)7)31-22-27(3)21-28(23-31)20-26(2)13-12-19-40/h11,15-18,21-24,26,40H,9-10,12-14,19-20,25H2,1-8H3. The minimum absolute atomic E-state index is 0.131. The number of ether oxygens (including phenoxy) is 1. The van der Waals surface area contributed by atoms with Gasteiger partial charge >= 0.3 is 0 Å². The first-order chi connectivity index (χ1) is 19.6. The van der Waals surface area contributed by atoms with Gasteiger partial charge in [0.15, 0.2) is 0 Å². The van der Waals surface area contributed by atoms with Crippen LogP contribution in [-0.2, 0) is 26.3 Å². The molecule has 0 saturated carbocycles. The zero-order valence-electron chi connectivity index (χ0n) is 26.7. The fourth-order valence-corrected chi connectivity index (χ4v) is 6.41. The number of aromatic nitrogens is 1. The SMILES string of the molecule is CCCCc1cccc(OC)c1-c1c(CC(C)(C)C)c2cc(-c3cc(C)cc(CC(C)CCCO)c3)ccc2n1C. The predicted molar refractivity (Wildman–Crippen MR) is 176 cm³/mol. The van der Waals surface area contributed by atoms with E-state index in [-0.39, 0.29) is 12.0 Å². The van der Waals surface area contributed by atoms with Gasteiger partial charge in [0.2, 0.25) is 0 Å². The van der Waals surface area contributed by atoms with Gasteiger partial charge in [-0.25, -0.2) is 0 Å². The van der Waals surface area contributed by atoms with Gasteiger partial charge in [0.05, 0.1) is 12.8 Å². The molecule has 0 saturated heterocycles. The fourth-order valence-electron chi connectivity index (χ4n) is 6.41. The van der Waals surface area contributed by atoms with E-state index in [1.54, 1.807) is 7.11 Å². The van der Waals surface area contributed by atoms with Gasteiger partial charge in [0.1, 0.15) is 5.75 Å². The largest absolute Gasteiger partial charge is 0.496 e. The van der Waals surface area contributed by atoms with E-state index in [4.69, 9.17) is 4.74 Å². The minimum Gasteiger partial charge on any atom is -0.496 e. The van der Waals surface area contributed by atoms with E-state index in [0.29, 0.717) is 5.92 Å². The number of aliphatic hydroxyl groups excluding tert-OH is 1. The van der Waals surface area contributed by atoms with Gasteiger partial charge in [-0.2, -0.15) is 0 Å². The zero-order chi connectivity index (χ0) is 29.7. The molecular formula is C38H51NO2. The molecule has 1 heterocycles. The molecule has 0 bridgehead atoms. The van der Waals surface area contributed by atoms with Crippen molar-refractivity contribution >= 4 is 10.9 Å². The highest BCUT2D eigenvalue weighted by molar-refractivity contribution is 5.96. The average Bonchev–Trinajstić information content (AvgIpc) is 3.18. The highest BCUT2D eigenvalue weighted by atomic mass is 16.5. The van der Waals surface area contributed by atoms with Crippen LogP contribution in [0, 0.1) is 18.3 Å². The Morgan fingerprint density at radius 1 is 0.976 bits per heavy atom. The lowest BCUT2D eigenvalue weighted by Gasteiger charge is -2.22. The van der Waals surface area contributed by atoms with Crippen molar-refractivity contribution in [1.82, 2.24) is 4.57 Å². The van der Waals surface area contributed by atoms with Gasteiger partial charge in [0.25, 0.3) is 0 Å². The summed E-state index contributed by atoms with van der Waals surface area (Å²) in [6, 6.07) is 20.6. The number of hydrogen-bond donors (Lipinski definition) is 1. The number of fused-ring (bicyclic) bond motifs is 1. The molecule has 41 heavy (non-hydrogen) atoms. The summed E-state index contributed by atoms with van der Waals surface area (Å²) in [5.74, 6) is 1.51. The summed E-state index contributed by atoms with van der Waals surface area (Å²) in [6.45, 7) is 14.0. The Hall–Kier alpha value is -3.04. The van der Waals surface area contributed by atoms with Crippen molar-refractivity contribution in [2.75, 3.05) is 13.7 Å². The maximum Gasteiger partial charge on any atom is 0.128 e. The van der Waals surface area contributed by atoms with Crippen molar-refractivity contribution in [3.05, 3.63) is 76.9 Å². The lowest BCUT2D eigenvalue weighted by atomic mass is 9.84. The Balaban J connectivity index is 1.90. The molecule has 0 radical (unpaired) electrons. The molecule has 1 atom stereocenters. The van der Waals surface area contributed by atoms with Crippen LogP contribution < -0.4 is 4.74 Å². The van der Waals surface area contributed by atoms with E-state index in [2.05, 4.69) is 108 Å². The molecule has 1 N–H and O–H groups in total. The number of nitrogens with zero attached hydrogens (tertiary/aromatic N) is 1. The molecule has 1 aromatic heterocycles. The topological polar surface area (TPSA) is 34.4 Å². The smallest absolute Gasteiger partial charge is 0.128 e. The van der Waals surface area contributed by atoms with Crippen LogP contribution in [0.4, 0.5) is 0 Å². The summed E-state index contributed by atoms with van der Waals surface area (Å²) < 4.78 is 8.41. The maximum absolute atomic E-state index is 9.27. The molecule has 0 aliphatic rings. The van der Waals surface area contributed by atoms with E-state index >= 15 is 0 Å². The maximum atomic E-state index is 9.27. The van der Waals surface area contributed by atoms with Crippen LogP contribution in [0.25, 0.3) is 33.3 Å². The molecule has 3 aromatic carbocycles. The van der Waals surface area contributed by atoms with Crippen molar-refractivity contribution in [3.63, 3.8) is 0 Å².